The SMILES string of the molecule is CC#Cc1cn([C@@H]2O[C@H](C(=O)C(O)CC(C)(C)C)[C@@H](O)[C@@H]2O)c(=O)[nH]c1=O. The van der Waals surface area contributed by atoms with Crippen LogP contribution in [-0.4, -0.2) is 55.1 Å². The number of aliphatic hydroxyl groups is 3. The first kappa shape index (κ1) is 21.1. The summed E-state index contributed by atoms with van der Waals surface area (Å²) < 4.78 is 6.27. The molecule has 148 valence electrons. The topological polar surface area (TPSA) is 142 Å². The number of hydrogen-bond acceptors (Lipinski definition) is 7. The largest absolute Gasteiger partial charge is 0.387 e. The first-order chi connectivity index (χ1) is 12.5. The molecule has 0 aromatic carbocycles. The number of Topliss-reactive ketones (excluding diaryl/α,β-unsaturated/α-hetero) is 1. The zero-order valence-electron chi connectivity index (χ0n) is 15.6. The summed E-state index contributed by atoms with van der Waals surface area (Å²) in [6, 6.07) is 0. The van der Waals surface area contributed by atoms with E-state index in [9.17, 15) is 29.7 Å². The van der Waals surface area contributed by atoms with E-state index in [0.717, 1.165) is 10.8 Å². The Morgan fingerprint density at radius 1 is 1.33 bits per heavy atom. The van der Waals surface area contributed by atoms with Crippen molar-refractivity contribution in [3.8, 4) is 11.8 Å². The summed E-state index contributed by atoms with van der Waals surface area (Å²) in [7, 11) is 0. The average molecular weight is 380 g/mol. The van der Waals surface area contributed by atoms with Crippen LogP contribution in [-0.2, 0) is 9.53 Å². The predicted molar refractivity (Wildman–Crippen MR) is 94.9 cm³/mol. The van der Waals surface area contributed by atoms with Crippen molar-refractivity contribution < 1.29 is 24.9 Å². The molecule has 0 spiro atoms. The molecule has 0 amide bonds. The normalized spacial score (nSPS) is 26.3. The lowest BCUT2D eigenvalue weighted by Gasteiger charge is -2.24. The number of carbonyl (C=O) groups is 1. The smallest absolute Gasteiger partial charge is 0.330 e. The van der Waals surface area contributed by atoms with Crippen molar-refractivity contribution in [3.63, 3.8) is 0 Å². The fourth-order valence-electron chi connectivity index (χ4n) is 2.89. The van der Waals surface area contributed by atoms with E-state index >= 15 is 0 Å². The first-order valence-electron chi connectivity index (χ1n) is 8.48. The third-order valence-corrected chi connectivity index (χ3v) is 4.15. The number of aliphatic hydroxyl groups excluding tert-OH is 3. The summed E-state index contributed by atoms with van der Waals surface area (Å²) >= 11 is 0. The van der Waals surface area contributed by atoms with Gasteiger partial charge < -0.3 is 20.1 Å². The summed E-state index contributed by atoms with van der Waals surface area (Å²) in [6.45, 7) is 7.01. The quantitative estimate of drug-likeness (QED) is 0.485. The Morgan fingerprint density at radius 2 is 1.96 bits per heavy atom. The molecule has 2 heterocycles. The first-order valence-corrected chi connectivity index (χ1v) is 8.48. The van der Waals surface area contributed by atoms with Gasteiger partial charge in [0.2, 0.25) is 0 Å². The summed E-state index contributed by atoms with van der Waals surface area (Å²) in [4.78, 5) is 38.3. The van der Waals surface area contributed by atoms with E-state index in [-0.39, 0.29) is 17.4 Å². The van der Waals surface area contributed by atoms with Crippen LogP contribution in [0.1, 0.15) is 45.9 Å². The highest BCUT2D eigenvalue weighted by molar-refractivity contribution is 5.88. The van der Waals surface area contributed by atoms with Gasteiger partial charge in [0.05, 0.1) is 0 Å². The highest BCUT2D eigenvalue weighted by Gasteiger charge is 2.49. The molecule has 1 aliphatic rings. The molecule has 0 radical (unpaired) electrons. The minimum atomic E-state index is -1.64. The molecule has 2 rings (SSSR count). The van der Waals surface area contributed by atoms with E-state index in [1.807, 2.05) is 25.8 Å². The Bertz CT molecular complexity index is 884. The number of ketones is 1. The number of aromatic amines is 1. The van der Waals surface area contributed by atoms with Crippen LogP contribution in [0.15, 0.2) is 15.8 Å². The van der Waals surface area contributed by atoms with Gasteiger partial charge in [-0.1, -0.05) is 26.7 Å². The second kappa shape index (κ2) is 7.78. The molecule has 1 saturated heterocycles. The molecule has 1 unspecified atom stereocenters. The number of H-pyrrole nitrogens is 1. The van der Waals surface area contributed by atoms with Gasteiger partial charge in [-0.05, 0) is 18.8 Å². The van der Waals surface area contributed by atoms with Crippen molar-refractivity contribution >= 4 is 5.78 Å². The fourth-order valence-corrected chi connectivity index (χ4v) is 2.89. The predicted octanol–water partition coefficient (Wildman–Crippen LogP) is -1.11. The van der Waals surface area contributed by atoms with Crippen molar-refractivity contribution in [2.24, 2.45) is 5.41 Å². The molecule has 9 nitrogen and oxygen atoms in total. The molecular formula is C18H24N2O7. The minimum Gasteiger partial charge on any atom is -0.387 e. The second-order valence-corrected chi connectivity index (χ2v) is 7.70. The number of hydrogen-bond donors (Lipinski definition) is 4. The fraction of sp³-hybridized carbons (Fsp3) is 0.611. The van der Waals surface area contributed by atoms with Crippen LogP contribution >= 0.6 is 0 Å². The number of nitrogens with one attached hydrogen (secondary N) is 1. The van der Waals surface area contributed by atoms with Crippen molar-refractivity contribution in [2.45, 2.75) is 64.8 Å². The molecule has 5 atom stereocenters. The number of nitrogens with zero attached hydrogens (tertiary/aromatic N) is 1. The van der Waals surface area contributed by atoms with Crippen molar-refractivity contribution in [1.29, 1.82) is 0 Å². The summed E-state index contributed by atoms with van der Waals surface area (Å²) in [5, 5.41) is 30.6. The lowest BCUT2D eigenvalue weighted by Crippen LogP contribution is -2.42. The summed E-state index contributed by atoms with van der Waals surface area (Å²) in [6.07, 6.45) is -6.36. The highest BCUT2D eigenvalue weighted by atomic mass is 16.6. The van der Waals surface area contributed by atoms with Gasteiger partial charge >= 0.3 is 5.69 Å². The molecule has 9 heteroatoms. The molecule has 1 fully saturated rings. The highest BCUT2D eigenvalue weighted by Crippen LogP contribution is 2.31. The van der Waals surface area contributed by atoms with E-state index < -0.39 is 47.7 Å². The molecule has 1 aliphatic heterocycles. The van der Waals surface area contributed by atoms with Crippen LogP contribution in [0, 0.1) is 17.3 Å². The lowest BCUT2D eigenvalue weighted by molar-refractivity contribution is -0.145. The molecule has 4 N–H and O–H groups in total. The Morgan fingerprint density at radius 3 is 2.52 bits per heavy atom. The Kier molecular flexibility index (Phi) is 6.07. The maximum atomic E-state index is 12.5. The van der Waals surface area contributed by atoms with E-state index in [1.54, 1.807) is 0 Å². The van der Waals surface area contributed by atoms with Crippen molar-refractivity contribution in [2.75, 3.05) is 0 Å². The number of aromatic nitrogens is 2. The molecule has 0 aliphatic carbocycles. The van der Waals surface area contributed by atoms with Gasteiger partial charge in [-0.3, -0.25) is 19.1 Å². The summed E-state index contributed by atoms with van der Waals surface area (Å²) in [5.74, 6) is 4.24. The monoisotopic (exact) mass is 380 g/mol. The van der Waals surface area contributed by atoms with E-state index in [1.165, 1.54) is 6.92 Å². The van der Waals surface area contributed by atoms with E-state index in [2.05, 4.69) is 11.8 Å². The Balaban J connectivity index is 2.33. The maximum absolute atomic E-state index is 12.5. The van der Waals surface area contributed by atoms with Crippen LogP contribution in [0.25, 0.3) is 0 Å². The molecule has 1 aromatic rings. The third kappa shape index (κ3) is 4.54. The Labute approximate surface area is 155 Å². The van der Waals surface area contributed by atoms with Gasteiger partial charge in [0.15, 0.2) is 12.0 Å². The van der Waals surface area contributed by atoms with Crippen LogP contribution in [0.5, 0.6) is 0 Å². The van der Waals surface area contributed by atoms with Gasteiger partial charge in [0.25, 0.3) is 5.56 Å². The van der Waals surface area contributed by atoms with E-state index in [0.29, 0.717) is 0 Å². The average Bonchev–Trinajstić information content (AvgIpc) is 2.84. The Hall–Kier alpha value is -2.25. The molecule has 0 saturated carbocycles. The number of ether oxygens (including phenoxy) is 1. The van der Waals surface area contributed by atoms with Crippen molar-refractivity contribution in [3.05, 3.63) is 32.6 Å². The molecule has 0 bridgehead atoms. The van der Waals surface area contributed by atoms with Crippen LogP contribution < -0.4 is 11.2 Å². The van der Waals surface area contributed by atoms with Gasteiger partial charge in [0.1, 0.15) is 30.0 Å². The van der Waals surface area contributed by atoms with Crippen molar-refractivity contribution in [1.82, 2.24) is 9.55 Å². The zero-order chi connectivity index (χ0) is 20.5. The van der Waals surface area contributed by atoms with Gasteiger partial charge in [0, 0.05) is 6.20 Å². The molecule has 27 heavy (non-hydrogen) atoms. The molecular weight excluding hydrogens is 356 g/mol. The van der Waals surface area contributed by atoms with Gasteiger partial charge in [-0.15, -0.1) is 5.92 Å². The van der Waals surface area contributed by atoms with Gasteiger partial charge in [-0.25, -0.2) is 4.79 Å². The third-order valence-electron chi connectivity index (χ3n) is 4.15. The van der Waals surface area contributed by atoms with Crippen LogP contribution in [0.2, 0.25) is 0 Å². The van der Waals surface area contributed by atoms with Crippen LogP contribution in [0.3, 0.4) is 0 Å². The number of carbonyl (C=O) groups excluding carboxylic acids is 1. The number of rotatable bonds is 4. The maximum Gasteiger partial charge on any atom is 0.330 e. The van der Waals surface area contributed by atoms with E-state index in [4.69, 9.17) is 4.74 Å². The standard InChI is InChI=1S/C18H24N2O7/c1-5-6-9-8-20(17(26)19-15(9)25)16-13(24)12(23)14(27-16)11(22)10(21)7-18(2,3)4/h8,10,12-14,16,21,23-24H,7H2,1-4H3,(H,19,25,26)/t10?,12-,13-,14+,16+/m0/s1. The summed E-state index contributed by atoms with van der Waals surface area (Å²) in [5.41, 5.74) is -1.97. The van der Waals surface area contributed by atoms with Crippen LogP contribution in [0.4, 0.5) is 0 Å². The van der Waals surface area contributed by atoms with Gasteiger partial charge in [-0.2, -0.15) is 0 Å². The molecule has 1 aromatic heterocycles. The lowest BCUT2D eigenvalue weighted by atomic mass is 9.86. The minimum absolute atomic E-state index is 0.0371. The zero-order valence-corrected chi connectivity index (χ0v) is 15.6. The second-order valence-electron chi connectivity index (χ2n) is 7.70.